The van der Waals surface area contributed by atoms with Gasteiger partial charge in [0.2, 0.25) is 0 Å². The molecule has 1 aromatic heterocycles. The van der Waals surface area contributed by atoms with Gasteiger partial charge in [-0.25, -0.2) is 4.68 Å². The summed E-state index contributed by atoms with van der Waals surface area (Å²) in [7, 11) is 0. The fourth-order valence-corrected chi connectivity index (χ4v) is 1.84. The van der Waals surface area contributed by atoms with Crippen molar-refractivity contribution in [2.24, 2.45) is 0 Å². The lowest BCUT2D eigenvalue weighted by Gasteiger charge is -2.01. The number of aliphatic hydroxyl groups excluding tert-OH is 1. The van der Waals surface area contributed by atoms with E-state index in [2.05, 4.69) is 21.9 Å². The van der Waals surface area contributed by atoms with Gasteiger partial charge >= 0.3 is 0 Å². The van der Waals surface area contributed by atoms with Crippen molar-refractivity contribution in [2.45, 2.75) is 25.9 Å². The molecule has 6 heteroatoms. The summed E-state index contributed by atoms with van der Waals surface area (Å²) >= 11 is 1.89. The minimum Gasteiger partial charge on any atom is -0.394 e. The van der Waals surface area contributed by atoms with Gasteiger partial charge in [0.05, 0.1) is 18.8 Å². The highest BCUT2D eigenvalue weighted by molar-refractivity contribution is 7.98. The number of aliphatic hydroxyl groups is 1. The molecule has 0 aliphatic rings. The Morgan fingerprint density at radius 2 is 2.38 bits per heavy atom. The molecule has 0 radical (unpaired) electrons. The van der Waals surface area contributed by atoms with E-state index in [1.54, 1.807) is 4.68 Å². The normalized spacial score (nSPS) is 10.9. The van der Waals surface area contributed by atoms with Crippen molar-refractivity contribution in [1.82, 2.24) is 20.3 Å². The zero-order chi connectivity index (χ0) is 11.6. The molecule has 0 saturated heterocycles. The Bertz CT molecular complexity index is 280. The lowest BCUT2D eigenvalue weighted by atomic mass is 10.3. The molecule has 0 bridgehead atoms. The molecule has 92 valence electrons. The number of thioether (sulfide) groups is 1. The largest absolute Gasteiger partial charge is 0.394 e. The average Bonchev–Trinajstić information content (AvgIpc) is 2.72. The summed E-state index contributed by atoms with van der Waals surface area (Å²) in [6.45, 7) is 2.39. The molecule has 0 saturated carbocycles. The SMILES string of the molecule is CSCCCCNCc1cn(CCO)nn1. The third kappa shape index (κ3) is 5.48. The Kier molecular flexibility index (Phi) is 7.20. The first-order valence-electron chi connectivity index (χ1n) is 5.56. The molecular formula is C10H20N4OS. The first-order chi connectivity index (χ1) is 7.86. The van der Waals surface area contributed by atoms with Gasteiger partial charge in [0.25, 0.3) is 0 Å². The van der Waals surface area contributed by atoms with Gasteiger partial charge in [-0.15, -0.1) is 5.10 Å². The average molecular weight is 244 g/mol. The molecule has 0 aromatic carbocycles. The Morgan fingerprint density at radius 3 is 3.12 bits per heavy atom. The Labute approximate surface area is 101 Å². The van der Waals surface area contributed by atoms with E-state index in [0.717, 1.165) is 18.8 Å². The maximum absolute atomic E-state index is 8.72. The van der Waals surface area contributed by atoms with Crippen LogP contribution < -0.4 is 5.32 Å². The summed E-state index contributed by atoms with van der Waals surface area (Å²) in [6, 6.07) is 0. The maximum Gasteiger partial charge on any atom is 0.0964 e. The molecule has 0 unspecified atom stereocenters. The van der Waals surface area contributed by atoms with Gasteiger partial charge < -0.3 is 10.4 Å². The molecule has 0 atom stereocenters. The summed E-state index contributed by atoms with van der Waals surface area (Å²) in [5, 5.41) is 19.9. The molecular weight excluding hydrogens is 224 g/mol. The van der Waals surface area contributed by atoms with Crippen LogP contribution in [0.4, 0.5) is 0 Å². The fourth-order valence-electron chi connectivity index (χ4n) is 1.34. The van der Waals surface area contributed by atoms with Crippen molar-refractivity contribution in [3.05, 3.63) is 11.9 Å². The third-order valence-corrected chi connectivity index (χ3v) is 2.87. The van der Waals surface area contributed by atoms with Crippen LogP contribution in [0.5, 0.6) is 0 Å². The summed E-state index contributed by atoms with van der Waals surface area (Å²) in [5.74, 6) is 1.23. The quantitative estimate of drug-likeness (QED) is 0.620. The Balaban J connectivity index is 2.07. The molecule has 5 nitrogen and oxygen atoms in total. The first kappa shape index (κ1) is 13.5. The second-order valence-electron chi connectivity index (χ2n) is 3.57. The van der Waals surface area contributed by atoms with E-state index in [-0.39, 0.29) is 6.61 Å². The van der Waals surface area contributed by atoms with E-state index in [4.69, 9.17) is 5.11 Å². The van der Waals surface area contributed by atoms with Crippen LogP contribution in [-0.2, 0) is 13.1 Å². The van der Waals surface area contributed by atoms with Crippen molar-refractivity contribution in [3.8, 4) is 0 Å². The van der Waals surface area contributed by atoms with Crippen molar-refractivity contribution >= 4 is 11.8 Å². The molecule has 1 rings (SSSR count). The van der Waals surface area contributed by atoms with E-state index in [9.17, 15) is 0 Å². The highest BCUT2D eigenvalue weighted by Gasteiger charge is 1.99. The zero-order valence-electron chi connectivity index (χ0n) is 9.72. The van der Waals surface area contributed by atoms with Crippen molar-refractivity contribution < 1.29 is 5.11 Å². The molecule has 0 amide bonds. The van der Waals surface area contributed by atoms with Gasteiger partial charge in [-0.3, -0.25) is 0 Å². The van der Waals surface area contributed by atoms with Crippen LogP contribution >= 0.6 is 11.8 Å². The van der Waals surface area contributed by atoms with Gasteiger partial charge in [0.1, 0.15) is 0 Å². The molecule has 1 heterocycles. The monoisotopic (exact) mass is 244 g/mol. The predicted octanol–water partition coefficient (Wildman–Crippen LogP) is 0.503. The molecule has 16 heavy (non-hydrogen) atoms. The molecule has 0 aliphatic heterocycles. The number of rotatable bonds is 9. The molecule has 2 N–H and O–H groups in total. The maximum atomic E-state index is 8.72. The number of hydrogen-bond donors (Lipinski definition) is 2. The van der Waals surface area contributed by atoms with E-state index in [1.807, 2.05) is 18.0 Å². The minimum atomic E-state index is 0.102. The molecule has 0 spiro atoms. The third-order valence-electron chi connectivity index (χ3n) is 2.17. The van der Waals surface area contributed by atoms with Gasteiger partial charge in [-0.05, 0) is 31.4 Å². The fraction of sp³-hybridized carbons (Fsp3) is 0.800. The van der Waals surface area contributed by atoms with Gasteiger partial charge in [0.15, 0.2) is 0 Å². The summed E-state index contributed by atoms with van der Waals surface area (Å²) in [5.41, 5.74) is 0.929. The van der Waals surface area contributed by atoms with Gasteiger partial charge in [-0.1, -0.05) is 5.21 Å². The summed E-state index contributed by atoms with van der Waals surface area (Å²) in [4.78, 5) is 0. The predicted molar refractivity (Wildman–Crippen MR) is 66.4 cm³/mol. The Morgan fingerprint density at radius 1 is 1.50 bits per heavy atom. The summed E-state index contributed by atoms with van der Waals surface area (Å²) in [6.07, 6.45) is 6.45. The smallest absolute Gasteiger partial charge is 0.0964 e. The van der Waals surface area contributed by atoms with Crippen LogP contribution in [0.25, 0.3) is 0 Å². The van der Waals surface area contributed by atoms with E-state index in [1.165, 1.54) is 18.6 Å². The topological polar surface area (TPSA) is 63.0 Å². The number of hydrogen-bond acceptors (Lipinski definition) is 5. The van der Waals surface area contributed by atoms with Crippen molar-refractivity contribution in [2.75, 3.05) is 25.2 Å². The number of unbranched alkanes of at least 4 members (excludes halogenated alkanes) is 1. The van der Waals surface area contributed by atoms with Crippen molar-refractivity contribution in [1.29, 1.82) is 0 Å². The van der Waals surface area contributed by atoms with Crippen LogP contribution in [-0.4, -0.2) is 45.3 Å². The van der Waals surface area contributed by atoms with Crippen LogP contribution in [0.2, 0.25) is 0 Å². The van der Waals surface area contributed by atoms with Crippen molar-refractivity contribution in [3.63, 3.8) is 0 Å². The molecule has 0 aliphatic carbocycles. The second kappa shape index (κ2) is 8.55. The van der Waals surface area contributed by atoms with Crippen LogP contribution in [0.3, 0.4) is 0 Å². The van der Waals surface area contributed by atoms with E-state index < -0.39 is 0 Å². The first-order valence-corrected chi connectivity index (χ1v) is 6.95. The van der Waals surface area contributed by atoms with Gasteiger partial charge in [-0.2, -0.15) is 11.8 Å². The lowest BCUT2D eigenvalue weighted by Crippen LogP contribution is -2.15. The lowest BCUT2D eigenvalue weighted by molar-refractivity contribution is 0.268. The number of nitrogens with one attached hydrogen (secondary N) is 1. The Hall–Kier alpha value is -0.590. The van der Waals surface area contributed by atoms with E-state index in [0.29, 0.717) is 6.54 Å². The number of nitrogens with zero attached hydrogens (tertiary/aromatic N) is 3. The zero-order valence-corrected chi connectivity index (χ0v) is 10.5. The second-order valence-corrected chi connectivity index (χ2v) is 4.56. The summed E-state index contributed by atoms with van der Waals surface area (Å²) < 4.78 is 1.66. The standard InChI is InChI=1S/C10H20N4OS/c1-16-7-3-2-4-11-8-10-9-14(5-6-15)13-12-10/h9,11,15H,2-8H2,1H3. The van der Waals surface area contributed by atoms with Crippen LogP contribution in [0.1, 0.15) is 18.5 Å². The highest BCUT2D eigenvalue weighted by atomic mass is 32.2. The van der Waals surface area contributed by atoms with Crippen LogP contribution in [0, 0.1) is 0 Å². The van der Waals surface area contributed by atoms with Gasteiger partial charge in [0, 0.05) is 12.7 Å². The van der Waals surface area contributed by atoms with E-state index >= 15 is 0 Å². The highest BCUT2D eigenvalue weighted by Crippen LogP contribution is 1.98. The molecule has 1 aromatic rings. The number of aromatic nitrogens is 3. The minimum absolute atomic E-state index is 0.102. The molecule has 0 fully saturated rings. The van der Waals surface area contributed by atoms with Crippen LogP contribution in [0.15, 0.2) is 6.20 Å².